The summed E-state index contributed by atoms with van der Waals surface area (Å²) >= 11 is 0. The summed E-state index contributed by atoms with van der Waals surface area (Å²) in [4.78, 5) is 25.2. The van der Waals surface area contributed by atoms with Crippen LogP contribution in [0.5, 0.6) is 0 Å². The average molecular weight is 263 g/mol. The number of benzene rings is 1. The van der Waals surface area contributed by atoms with Crippen molar-refractivity contribution in [3.63, 3.8) is 0 Å². The molecule has 0 spiro atoms. The number of anilines is 1. The summed E-state index contributed by atoms with van der Waals surface area (Å²) in [6, 6.07) is 5.35. The molecule has 0 aliphatic carbocycles. The lowest BCUT2D eigenvalue weighted by molar-refractivity contribution is -0.122. The lowest BCUT2D eigenvalue weighted by Crippen LogP contribution is -2.41. The van der Waals surface area contributed by atoms with E-state index in [1.54, 1.807) is 19.2 Å². The number of carbonyl (C=O) groups is 2. The second kappa shape index (κ2) is 6.22. The number of nitrogens with zero attached hydrogens (tertiary/aromatic N) is 1. The zero-order chi connectivity index (χ0) is 14.6. The van der Waals surface area contributed by atoms with Crippen LogP contribution in [0, 0.1) is 6.92 Å². The fourth-order valence-electron chi connectivity index (χ4n) is 1.73. The van der Waals surface area contributed by atoms with Crippen molar-refractivity contribution >= 4 is 17.5 Å². The Hall–Kier alpha value is -2.04. The summed E-state index contributed by atoms with van der Waals surface area (Å²) < 4.78 is 0. The van der Waals surface area contributed by atoms with Gasteiger partial charge in [0, 0.05) is 18.8 Å². The standard InChI is InChI=1S/C14H21N3O2/c1-9(2)16-12(18)8-17(4)14(19)11-7-5-6-10(3)13(11)15/h5-7,9H,8,15H2,1-4H3,(H,16,18). The maximum Gasteiger partial charge on any atom is 0.256 e. The van der Waals surface area contributed by atoms with Crippen LogP contribution in [0.4, 0.5) is 5.69 Å². The number of nitrogen functional groups attached to an aromatic ring is 1. The molecular formula is C14H21N3O2. The summed E-state index contributed by atoms with van der Waals surface area (Å²) in [5.41, 5.74) is 7.63. The Bertz CT molecular complexity index is 484. The highest BCUT2D eigenvalue weighted by atomic mass is 16.2. The fraction of sp³-hybridized carbons (Fsp3) is 0.429. The predicted octanol–water partition coefficient (Wildman–Crippen LogP) is 1.17. The summed E-state index contributed by atoms with van der Waals surface area (Å²) in [6.07, 6.45) is 0. The highest BCUT2D eigenvalue weighted by molar-refractivity contribution is 6.01. The largest absolute Gasteiger partial charge is 0.398 e. The topological polar surface area (TPSA) is 75.4 Å². The number of para-hydroxylation sites is 1. The van der Waals surface area contributed by atoms with E-state index >= 15 is 0 Å². The summed E-state index contributed by atoms with van der Waals surface area (Å²) in [6.45, 7) is 5.61. The molecular weight excluding hydrogens is 242 g/mol. The zero-order valence-electron chi connectivity index (χ0n) is 11.9. The van der Waals surface area contributed by atoms with Crippen molar-refractivity contribution in [2.45, 2.75) is 26.8 Å². The van der Waals surface area contributed by atoms with Crippen LogP contribution < -0.4 is 11.1 Å². The average Bonchev–Trinajstić information content (AvgIpc) is 2.30. The third kappa shape index (κ3) is 3.98. The first-order chi connectivity index (χ1) is 8.82. The Morgan fingerprint density at radius 3 is 2.58 bits per heavy atom. The minimum absolute atomic E-state index is 0.0182. The number of hydrogen-bond donors (Lipinski definition) is 2. The van der Waals surface area contributed by atoms with Gasteiger partial charge in [0.05, 0.1) is 12.1 Å². The number of likely N-dealkylation sites (N-methyl/N-ethyl adjacent to an activating group) is 1. The number of nitrogens with two attached hydrogens (primary N) is 1. The Morgan fingerprint density at radius 1 is 1.37 bits per heavy atom. The zero-order valence-corrected chi connectivity index (χ0v) is 11.9. The first kappa shape index (κ1) is 15.0. The minimum Gasteiger partial charge on any atom is -0.398 e. The highest BCUT2D eigenvalue weighted by Crippen LogP contribution is 2.17. The number of carbonyl (C=O) groups excluding carboxylic acids is 2. The van der Waals surface area contributed by atoms with Crippen LogP contribution >= 0.6 is 0 Å². The molecule has 0 aliphatic rings. The normalized spacial score (nSPS) is 10.4. The molecule has 0 aliphatic heterocycles. The van der Waals surface area contributed by atoms with E-state index in [1.807, 2.05) is 26.8 Å². The van der Waals surface area contributed by atoms with E-state index in [0.29, 0.717) is 11.3 Å². The van der Waals surface area contributed by atoms with E-state index < -0.39 is 0 Å². The van der Waals surface area contributed by atoms with Gasteiger partial charge in [0.25, 0.3) is 5.91 Å². The molecule has 1 aromatic rings. The van der Waals surface area contributed by atoms with Crippen LogP contribution in [0.2, 0.25) is 0 Å². The molecule has 0 saturated heterocycles. The molecule has 0 saturated carbocycles. The van der Waals surface area contributed by atoms with Gasteiger partial charge < -0.3 is 16.0 Å². The van der Waals surface area contributed by atoms with E-state index in [4.69, 9.17) is 5.73 Å². The maximum atomic E-state index is 12.2. The van der Waals surface area contributed by atoms with E-state index in [2.05, 4.69) is 5.32 Å². The molecule has 0 fully saturated rings. The lowest BCUT2D eigenvalue weighted by atomic mass is 10.1. The van der Waals surface area contributed by atoms with Crippen LogP contribution in [0.3, 0.4) is 0 Å². The van der Waals surface area contributed by atoms with Crippen LogP contribution in [0.25, 0.3) is 0 Å². The minimum atomic E-state index is -0.250. The van der Waals surface area contributed by atoms with Gasteiger partial charge in [-0.1, -0.05) is 12.1 Å². The third-order valence-corrected chi connectivity index (χ3v) is 2.73. The van der Waals surface area contributed by atoms with Crippen molar-refractivity contribution in [3.05, 3.63) is 29.3 Å². The SMILES string of the molecule is Cc1cccc(C(=O)N(C)CC(=O)NC(C)C)c1N. The number of hydrogen-bond acceptors (Lipinski definition) is 3. The van der Waals surface area contributed by atoms with Gasteiger partial charge in [-0.15, -0.1) is 0 Å². The van der Waals surface area contributed by atoms with E-state index in [0.717, 1.165) is 5.56 Å². The Morgan fingerprint density at radius 2 is 2.00 bits per heavy atom. The second-order valence-corrected chi connectivity index (χ2v) is 4.92. The number of aryl methyl sites for hydroxylation is 1. The van der Waals surface area contributed by atoms with Gasteiger partial charge in [0.2, 0.25) is 5.91 Å². The van der Waals surface area contributed by atoms with Gasteiger partial charge >= 0.3 is 0 Å². The summed E-state index contributed by atoms with van der Waals surface area (Å²) in [5, 5.41) is 2.74. The summed E-state index contributed by atoms with van der Waals surface area (Å²) in [5.74, 6) is -0.433. The molecule has 5 nitrogen and oxygen atoms in total. The molecule has 104 valence electrons. The third-order valence-electron chi connectivity index (χ3n) is 2.73. The number of nitrogens with one attached hydrogen (secondary N) is 1. The number of rotatable bonds is 4. The van der Waals surface area contributed by atoms with Gasteiger partial charge in [-0.25, -0.2) is 0 Å². The molecule has 1 rings (SSSR count). The first-order valence-electron chi connectivity index (χ1n) is 6.22. The molecule has 5 heteroatoms. The molecule has 0 unspecified atom stereocenters. The molecule has 0 bridgehead atoms. The molecule has 2 amide bonds. The van der Waals surface area contributed by atoms with Crippen molar-refractivity contribution in [1.82, 2.24) is 10.2 Å². The maximum absolute atomic E-state index is 12.2. The van der Waals surface area contributed by atoms with Crippen molar-refractivity contribution < 1.29 is 9.59 Å². The number of amides is 2. The molecule has 0 aromatic heterocycles. The molecule has 0 atom stereocenters. The molecule has 0 radical (unpaired) electrons. The van der Waals surface area contributed by atoms with Crippen LogP contribution in [-0.2, 0) is 4.79 Å². The monoisotopic (exact) mass is 263 g/mol. The molecule has 19 heavy (non-hydrogen) atoms. The van der Waals surface area contributed by atoms with Gasteiger partial charge in [0.1, 0.15) is 0 Å². The quantitative estimate of drug-likeness (QED) is 0.801. The van der Waals surface area contributed by atoms with E-state index in [1.165, 1.54) is 4.90 Å². The summed E-state index contributed by atoms with van der Waals surface area (Å²) in [7, 11) is 1.59. The van der Waals surface area contributed by atoms with Gasteiger partial charge in [0.15, 0.2) is 0 Å². The van der Waals surface area contributed by atoms with Crippen LogP contribution in [0.1, 0.15) is 29.8 Å². The Labute approximate surface area is 113 Å². The fourth-order valence-corrected chi connectivity index (χ4v) is 1.73. The molecule has 1 aromatic carbocycles. The van der Waals surface area contributed by atoms with Crippen LogP contribution in [0.15, 0.2) is 18.2 Å². The molecule has 3 N–H and O–H groups in total. The van der Waals surface area contributed by atoms with Gasteiger partial charge in [-0.3, -0.25) is 9.59 Å². The second-order valence-electron chi connectivity index (χ2n) is 4.92. The Balaban J connectivity index is 2.77. The highest BCUT2D eigenvalue weighted by Gasteiger charge is 2.17. The van der Waals surface area contributed by atoms with Gasteiger partial charge in [-0.05, 0) is 32.4 Å². The van der Waals surface area contributed by atoms with E-state index in [9.17, 15) is 9.59 Å². The Kier molecular flexibility index (Phi) is 4.92. The van der Waals surface area contributed by atoms with Crippen molar-refractivity contribution in [1.29, 1.82) is 0 Å². The van der Waals surface area contributed by atoms with Crippen molar-refractivity contribution in [2.75, 3.05) is 19.3 Å². The first-order valence-corrected chi connectivity index (χ1v) is 6.22. The van der Waals surface area contributed by atoms with Crippen LogP contribution in [-0.4, -0.2) is 36.3 Å². The predicted molar refractivity (Wildman–Crippen MR) is 75.8 cm³/mol. The lowest BCUT2D eigenvalue weighted by Gasteiger charge is -2.19. The van der Waals surface area contributed by atoms with Crippen molar-refractivity contribution in [3.8, 4) is 0 Å². The smallest absolute Gasteiger partial charge is 0.256 e. The molecule has 0 heterocycles. The van der Waals surface area contributed by atoms with E-state index in [-0.39, 0.29) is 24.4 Å². The van der Waals surface area contributed by atoms with Gasteiger partial charge in [-0.2, -0.15) is 0 Å². The van der Waals surface area contributed by atoms with Crippen molar-refractivity contribution in [2.24, 2.45) is 0 Å².